The number of rotatable bonds is 2. The van der Waals surface area contributed by atoms with Gasteiger partial charge in [0.2, 0.25) is 0 Å². The molecule has 1 aromatic heterocycles. The molecule has 98 valence electrons. The van der Waals surface area contributed by atoms with Crippen molar-refractivity contribution in [1.82, 2.24) is 9.78 Å². The van der Waals surface area contributed by atoms with Crippen molar-refractivity contribution in [1.29, 1.82) is 0 Å². The van der Waals surface area contributed by atoms with Gasteiger partial charge in [0.25, 0.3) is 0 Å². The molecule has 6 heteroatoms. The van der Waals surface area contributed by atoms with Crippen molar-refractivity contribution in [3.63, 3.8) is 0 Å². The van der Waals surface area contributed by atoms with Crippen molar-refractivity contribution in [2.45, 2.75) is 6.92 Å². The standard InChI is InChI=1S/C13H15N5O/c1-8-10(12(19)16-13(14)15)17-18(2)11(8)9-6-4-3-5-7-9/h3-7H,1-2H3,(H4,14,15,16,19). The number of benzene rings is 1. The highest BCUT2D eigenvalue weighted by molar-refractivity contribution is 6.02. The van der Waals surface area contributed by atoms with E-state index >= 15 is 0 Å². The third kappa shape index (κ3) is 2.47. The van der Waals surface area contributed by atoms with Gasteiger partial charge in [-0.15, -0.1) is 0 Å². The van der Waals surface area contributed by atoms with Gasteiger partial charge in [-0.1, -0.05) is 30.3 Å². The first-order valence-corrected chi connectivity index (χ1v) is 5.73. The molecule has 4 N–H and O–H groups in total. The average Bonchev–Trinajstić information content (AvgIpc) is 2.65. The summed E-state index contributed by atoms with van der Waals surface area (Å²) in [6, 6.07) is 9.71. The number of amides is 1. The maximum Gasteiger partial charge on any atom is 0.300 e. The second-order valence-corrected chi connectivity index (χ2v) is 4.15. The fraction of sp³-hybridized carbons (Fsp3) is 0.154. The number of nitrogens with two attached hydrogens (primary N) is 2. The Morgan fingerprint density at radius 1 is 1.26 bits per heavy atom. The van der Waals surface area contributed by atoms with E-state index in [4.69, 9.17) is 11.5 Å². The molecular weight excluding hydrogens is 242 g/mol. The smallest absolute Gasteiger partial charge is 0.300 e. The van der Waals surface area contributed by atoms with Gasteiger partial charge in [0.15, 0.2) is 11.7 Å². The van der Waals surface area contributed by atoms with Gasteiger partial charge >= 0.3 is 5.91 Å². The first kappa shape index (κ1) is 12.8. The van der Waals surface area contributed by atoms with Crippen LogP contribution in [-0.2, 0) is 7.05 Å². The predicted octanol–water partition coefficient (Wildman–Crippen LogP) is 0.809. The molecule has 0 aliphatic rings. The molecule has 0 saturated heterocycles. The molecule has 0 fully saturated rings. The molecule has 1 aromatic carbocycles. The van der Waals surface area contributed by atoms with Crippen molar-refractivity contribution >= 4 is 11.9 Å². The van der Waals surface area contributed by atoms with Gasteiger partial charge in [0, 0.05) is 18.2 Å². The van der Waals surface area contributed by atoms with Crippen LogP contribution in [0.25, 0.3) is 11.3 Å². The van der Waals surface area contributed by atoms with Crippen LogP contribution in [0, 0.1) is 6.92 Å². The lowest BCUT2D eigenvalue weighted by Crippen LogP contribution is -2.24. The number of aryl methyl sites for hydroxylation is 1. The fourth-order valence-electron chi connectivity index (χ4n) is 2.00. The van der Waals surface area contributed by atoms with Crippen LogP contribution >= 0.6 is 0 Å². The average molecular weight is 257 g/mol. The molecule has 1 amide bonds. The second-order valence-electron chi connectivity index (χ2n) is 4.15. The Labute approximate surface area is 110 Å². The van der Waals surface area contributed by atoms with Gasteiger partial charge in [-0.2, -0.15) is 10.1 Å². The van der Waals surface area contributed by atoms with E-state index in [1.807, 2.05) is 37.3 Å². The zero-order valence-corrected chi connectivity index (χ0v) is 10.8. The lowest BCUT2D eigenvalue weighted by atomic mass is 10.1. The molecule has 19 heavy (non-hydrogen) atoms. The summed E-state index contributed by atoms with van der Waals surface area (Å²) in [6.45, 7) is 1.82. The Balaban J connectivity index is 2.53. The Morgan fingerprint density at radius 3 is 2.47 bits per heavy atom. The van der Waals surface area contributed by atoms with Crippen LogP contribution in [-0.4, -0.2) is 21.6 Å². The van der Waals surface area contributed by atoms with Crippen LogP contribution < -0.4 is 11.5 Å². The summed E-state index contributed by atoms with van der Waals surface area (Å²) in [5.41, 5.74) is 13.3. The van der Waals surface area contributed by atoms with E-state index in [2.05, 4.69) is 10.1 Å². The number of nitrogens with zero attached hydrogens (tertiary/aromatic N) is 3. The maximum atomic E-state index is 11.8. The Kier molecular flexibility index (Phi) is 3.33. The molecule has 0 radical (unpaired) electrons. The molecule has 6 nitrogen and oxygen atoms in total. The van der Waals surface area contributed by atoms with Gasteiger partial charge in [0.1, 0.15) is 0 Å². The summed E-state index contributed by atoms with van der Waals surface area (Å²) in [5, 5.41) is 4.19. The summed E-state index contributed by atoms with van der Waals surface area (Å²) >= 11 is 0. The molecular formula is C13H15N5O. The number of aromatic nitrogens is 2. The summed E-state index contributed by atoms with van der Waals surface area (Å²) in [4.78, 5) is 15.4. The van der Waals surface area contributed by atoms with Crippen LogP contribution in [0.5, 0.6) is 0 Å². The van der Waals surface area contributed by atoms with Crippen molar-refractivity contribution in [3.05, 3.63) is 41.6 Å². The van der Waals surface area contributed by atoms with Crippen LogP contribution in [0.2, 0.25) is 0 Å². The predicted molar refractivity (Wildman–Crippen MR) is 73.5 cm³/mol. The van der Waals surface area contributed by atoms with Crippen molar-refractivity contribution < 1.29 is 4.79 Å². The monoisotopic (exact) mass is 257 g/mol. The zero-order valence-electron chi connectivity index (χ0n) is 10.8. The van der Waals surface area contributed by atoms with Gasteiger partial charge in [-0.05, 0) is 6.92 Å². The van der Waals surface area contributed by atoms with E-state index in [9.17, 15) is 4.79 Å². The minimum Gasteiger partial charge on any atom is -0.370 e. The molecule has 2 rings (SSSR count). The van der Waals surface area contributed by atoms with Gasteiger partial charge in [-0.25, -0.2) is 0 Å². The molecule has 0 unspecified atom stereocenters. The topological polar surface area (TPSA) is 99.3 Å². The largest absolute Gasteiger partial charge is 0.370 e. The van der Waals surface area contributed by atoms with E-state index in [1.165, 1.54) is 0 Å². The molecule has 0 aliphatic heterocycles. The highest BCUT2D eigenvalue weighted by Crippen LogP contribution is 2.25. The van der Waals surface area contributed by atoms with Crippen LogP contribution in [0.15, 0.2) is 35.3 Å². The lowest BCUT2D eigenvalue weighted by Gasteiger charge is -2.02. The van der Waals surface area contributed by atoms with E-state index in [0.29, 0.717) is 0 Å². The van der Waals surface area contributed by atoms with Crippen molar-refractivity contribution in [2.75, 3.05) is 0 Å². The van der Waals surface area contributed by atoms with Crippen LogP contribution in [0.4, 0.5) is 0 Å². The van der Waals surface area contributed by atoms with Crippen LogP contribution in [0.1, 0.15) is 16.1 Å². The van der Waals surface area contributed by atoms with Crippen LogP contribution in [0.3, 0.4) is 0 Å². The summed E-state index contributed by atoms with van der Waals surface area (Å²) in [7, 11) is 1.78. The maximum absolute atomic E-state index is 11.8. The number of hydrogen-bond donors (Lipinski definition) is 2. The Bertz CT molecular complexity index is 639. The Hall–Kier alpha value is -2.63. The first-order valence-electron chi connectivity index (χ1n) is 5.73. The SMILES string of the molecule is Cc1c(C(=O)N=C(N)N)nn(C)c1-c1ccccc1. The number of hydrogen-bond acceptors (Lipinski definition) is 2. The highest BCUT2D eigenvalue weighted by Gasteiger charge is 2.19. The molecule has 0 aliphatic carbocycles. The van der Waals surface area contributed by atoms with Gasteiger partial charge in [0.05, 0.1) is 5.69 Å². The summed E-state index contributed by atoms with van der Waals surface area (Å²) in [5.74, 6) is -0.799. The van der Waals surface area contributed by atoms with Crippen molar-refractivity contribution in [2.24, 2.45) is 23.5 Å². The molecule has 0 spiro atoms. The molecule has 1 heterocycles. The number of aliphatic imine (C=N–C) groups is 1. The zero-order chi connectivity index (χ0) is 14.0. The lowest BCUT2D eigenvalue weighted by molar-refractivity contribution is 0.0996. The van der Waals surface area contributed by atoms with E-state index < -0.39 is 5.91 Å². The first-order chi connectivity index (χ1) is 9.00. The van der Waals surface area contributed by atoms with E-state index in [-0.39, 0.29) is 11.7 Å². The quantitative estimate of drug-likeness (QED) is 0.614. The molecule has 0 atom stereocenters. The highest BCUT2D eigenvalue weighted by atomic mass is 16.1. The van der Waals surface area contributed by atoms with E-state index in [1.54, 1.807) is 11.7 Å². The van der Waals surface area contributed by atoms with Gasteiger partial charge < -0.3 is 11.5 Å². The van der Waals surface area contributed by atoms with Crippen molar-refractivity contribution in [3.8, 4) is 11.3 Å². The normalized spacial score (nSPS) is 10.2. The summed E-state index contributed by atoms with van der Waals surface area (Å²) < 4.78 is 1.65. The molecule has 0 bridgehead atoms. The number of guanidine groups is 1. The number of carbonyl (C=O) groups is 1. The second kappa shape index (κ2) is 4.93. The van der Waals surface area contributed by atoms with E-state index in [0.717, 1.165) is 16.8 Å². The minimum atomic E-state index is -0.532. The van der Waals surface area contributed by atoms with Gasteiger partial charge in [-0.3, -0.25) is 9.48 Å². The summed E-state index contributed by atoms with van der Waals surface area (Å²) in [6.07, 6.45) is 0. The third-order valence-corrected chi connectivity index (χ3v) is 2.76. The molecule has 0 saturated carbocycles. The minimum absolute atomic E-state index is 0.259. The molecule has 2 aromatic rings. The third-order valence-electron chi connectivity index (χ3n) is 2.76. The number of carbonyl (C=O) groups excluding carboxylic acids is 1. The fourth-order valence-corrected chi connectivity index (χ4v) is 2.00. The Morgan fingerprint density at radius 2 is 1.89 bits per heavy atom.